The Balaban J connectivity index is 1.71. The maximum Gasteiger partial charge on any atom is 0.191 e. The highest BCUT2D eigenvalue weighted by molar-refractivity contribution is 5.79. The van der Waals surface area contributed by atoms with Gasteiger partial charge in [-0.1, -0.05) is 20.3 Å². The number of hydrogen-bond acceptors (Lipinski definition) is 5. The summed E-state index contributed by atoms with van der Waals surface area (Å²) in [5, 5.41) is 14.9. The van der Waals surface area contributed by atoms with Crippen molar-refractivity contribution >= 4 is 5.96 Å². The Kier molecular flexibility index (Phi) is 10.8. The van der Waals surface area contributed by atoms with Gasteiger partial charge >= 0.3 is 0 Å². The van der Waals surface area contributed by atoms with E-state index in [1.165, 1.54) is 6.42 Å². The number of hydrogen-bond donors (Lipinski definition) is 2. The first-order chi connectivity index (χ1) is 13.3. The molecule has 0 saturated carbocycles. The largest absolute Gasteiger partial charge is 0.381 e. The van der Waals surface area contributed by atoms with Gasteiger partial charge in [-0.2, -0.15) is 0 Å². The van der Waals surface area contributed by atoms with Gasteiger partial charge in [0.25, 0.3) is 0 Å². The van der Waals surface area contributed by atoms with E-state index in [4.69, 9.17) is 14.5 Å². The number of aliphatic imine (C=N–C) groups is 1. The molecule has 8 heteroatoms. The van der Waals surface area contributed by atoms with E-state index in [0.717, 1.165) is 83.3 Å². The van der Waals surface area contributed by atoms with Crippen molar-refractivity contribution in [1.29, 1.82) is 0 Å². The Morgan fingerprint density at radius 2 is 2.15 bits per heavy atom. The Labute approximate surface area is 163 Å². The lowest BCUT2D eigenvalue weighted by molar-refractivity contribution is 0.117. The van der Waals surface area contributed by atoms with Crippen LogP contribution in [0.25, 0.3) is 0 Å². The van der Waals surface area contributed by atoms with Gasteiger partial charge in [-0.05, 0) is 25.7 Å². The lowest BCUT2D eigenvalue weighted by atomic mass is 10.2. The van der Waals surface area contributed by atoms with Crippen molar-refractivity contribution in [2.75, 3.05) is 39.5 Å². The van der Waals surface area contributed by atoms with Crippen molar-refractivity contribution in [3.8, 4) is 0 Å². The summed E-state index contributed by atoms with van der Waals surface area (Å²) >= 11 is 0. The zero-order valence-electron chi connectivity index (χ0n) is 17.0. The summed E-state index contributed by atoms with van der Waals surface area (Å²) in [6.45, 7) is 9.90. The van der Waals surface area contributed by atoms with Gasteiger partial charge in [-0.25, -0.2) is 0 Å². The summed E-state index contributed by atoms with van der Waals surface area (Å²) < 4.78 is 13.4. The smallest absolute Gasteiger partial charge is 0.191 e. The lowest BCUT2D eigenvalue weighted by Gasteiger charge is -2.14. The molecule has 2 heterocycles. The summed E-state index contributed by atoms with van der Waals surface area (Å²) in [7, 11) is 0. The van der Waals surface area contributed by atoms with Crippen molar-refractivity contribution in [3.05, 3.63) is 12.2 Å². The molecule has 1 unspecified atom stereocenters. The SMILES string of the molecule is CCCCOCCCNC(=NCC1CCCO1)NCCn1cnnc1CC. The average Bonchev–Trinajstić information content (AvgIpc) is 3.36. The summed E-state index contributed by atoms with van der Waals surface area (Å²) in [6, 6.07) is 0. The Morgan fingerprint density at radius 1 is 1.30 bits per heavy atom. The number of guanidine groups is 1. The van der Waals surface area contributed by atoms with Crippen molar-refractivity contribution < 1.29 is 9.47 Å². The van der Waals surface area contributed by atoms with Crippen LogP contribution in [0.2, 0.25) is 0 Å². The third-order valence-corrected chi connectivity index (χ3v) is 4.53. The number of nitrogens with zero attached hydrogens (tertiary/aromatic N) is 4. The van der Waals surface area contributed by atoms with Crippen LogP contribution in [0, 0.1) is 0 Å². The second-order valence-electron chi connectivity index (χ2n) is 6.79. The van der Waals surface area contributed by atoms with Crippen LogP contribution in [0.1, 0.15) is 51.8 Å². The molecular weight excluding hydrogens is 344 g/mol. The number of rotatable bonds is 13. The predicted molar refractivity (Wildman–Crippen MR) is 107 cm³/mol. The summed E-state index contributed by atoms with van der Waals surface area (Å²) in [6.07, 6.45) is 8.43. The summed E-state index contributed by atoms with van der Waals surface area (Å²) in [5.41, 5.74) is 0. The van der Waals surface area contributed by atoms with E-state index >= 15 is 0 Å². The first-order valence-electron chi connectivity index (χ1n) is 10.4. The number of nitrogens with one attached hydrogen (secondary N) is 2. The molecule has 1 saturated heterocycles. The molecule has 1 fully saturated rings. The molecule has 2 rings (SSSR count). The van der Waals surface area contributed by atoms with Gasteiger partial charge < -0.3 is 24.7 Å². The zero-order chi connectivity index (χ0) is 19.2. The van der Waals surface area contributed by atoms with Crippen molar-refractivity contribution in [1.82, 2.24) is 25.4 Å². The van der Waals surface area contributed by atoms with Crippen LogP contribution < -0.4 is 10.6 Å². The summed E-state index contributed by atoms with van der Waals surface area (Å²) in [5.74, 6) is 1.84. The fourth-order valence-electron chi connectivity index (χ4n) is 2.92. The molecular formula is C19H36N6O2. The number of unbranched alkanes of at least 4 members (excludes halogenated alkanes) is 1. The van der Waals surface area contributed by atoms with Gasteiger partial charge in [0, 0.05) is 45.9 Å². The Hall–Kier alpha value is -1.67. The molecule has 0 aliphatic carbocycles. The van der Waals surface area contributed by atoms with E-state index in [-0.39, 0.29) is 6.10 Å². The highest BCUT2D eigenvalue weighted by atomic mass is 16.5. The molecule has 1 aliphatic rings. The Morgan fingerprint density at radius 3 is 2.93 bits per heavy atom. The van der Waals surface area contributed by atoms with Gasteiger partial charge in [0.15, 0.2) is 5.96 Å². The van der Waals surface area contributed by atoms with Gasteiger partial charge in [-0.15, -0.1) is 10.2 Å². The molecule has 1 atom stereocenters. The summed E-state index contributed by atoms with van der Waals surface area (Å²) in [4.78, 5) is 4.70. The molecule has 1 aromatic heterocycles. The molecule has 1 aromatic rings. The molecule has 0 spiro atoms. The second kappa shape index (κ2) is 13.5. The van der Waals surface area contributed by atoms with E-state index in [0.29, 0.717) is 6.54 Å². The third kappa shape index (κ3) is 8.71. The van der Waals surface area contributed by atoms with Crippen LogP contribution in [-0.4, -0.2) is 66.3 Å². The standard InChI is InChI=1S/C19H36N6O2/c1-3-5-12-26-13-7-9-20-19(22-15-17-8-6-14-27-17)21-10-11-25-16-23-24-18(25)4-2/h16-17H,3-15H2,1-2H3,(H2,20,21,22). The van der Waals surface area contributed by atoms with Crippen LogP contribution in [0.4, 0.5) is 0 Å². The number of aryl methyl sites for hydroxylation is 1. The monoisotopic (exact) mass is 380 g/mol. The molecule has 8 nitrogen and oxygen atoms in total. The van der Waals surface area contributed by atoms with Crippen molar-refractivity contribution in [2.24, 2.45) is 4.99 Å². The minimum absolute atomic E-state index is 0.255. The molecule has 2 N–H and O–H groups in total. The van der Waals surface area contributed by atoms with E-state index in [1.54, 1.807) is 6.33 Å². The highest BCUT2D eigenvalue weighted by Crippen LogP contribution is 2.11. The maximum absolute atomic E-state index is 5.67. The van der Waals surface area contributed by atoms with E-state index in [9.17, 15) is 0 Å². The topological polar surface area (TPSA) is 85.6 Å². The van der Waals surface area contributed by atoms with Crippen LogP contribution in [-0.2, 0) is 22.4 Å². The van der Waals surface area contributed by atoms with E-state index in [2.05, 4.69) is 39.2 Å². The Bertz CT molecular complexity index is 528. The van der Waals surface area contributed by atoms with Crippen molar-refractivity contribution in [2.45, 2.75) is 65.0 Å². The minimum Gasteiger partial charge on any atom is -0.381 e. The second-order valence-corrected chi connectivity index (χ2v) is 6.79. The van der Waals surface area contributed by atoms with Gasteiger partial charge in [-0.3, -0.25) is 4.99 Å². The third-order valence-electron chi connectivity index (χ3n) is 4.53. The molecule has 0 aromatic carbocycles. The average molecular weight is 381 g/mol. The van der Waals surface area contributed by atoms with E-state index < -0.39 is 0 Å². The first-order valence-corrected chi connectivity index (χ1v) is 10.4. The molecule has 0 radical (unpaired) electrons. The van der Waals surface area contributed by atoms with Gasteiger partial charge in [0.1, 0.15) is 12.2 Å². The normalized spacial score (nSPS) is 17.4. The molecule has 0 amide bonds. The van der Waals surface area contributed by atoms with Gasteiger partial charge in [0.2, 0.25) is 0 Å². The number of aromatic nitrogens is 3. The van der Waals surface area contributed by atoms with Crippen molar-refractivity contribution in [3.63, 3.8) is 0 Å². The van der Waals surface area contributed by atoms with E-state index in [1.807, 2.05) is 0 Å². The zero-order valence-corrected chi connectivity index (χ0v) is 17.0. The van der Waals surface area contributed by atoms with Crippen LogP contribution in [0.5, 0.6) is 0 Å². The maximum atomic E-state index is 5.67. The van der Waals surface area contributed by atoms with Gasteiger partial charge in [0.05, 0.1) is 12.6 Å². The highest BCUT2D eigenvalue weighted by Gasteiger charge is 2.14. The molecule has 1 aliphatic heterocycles. The molecule has 0 bridgehead atoms. The quantitative estimate of drug-likeness (QED) is 0.308. The number of ether oxygens (including phenoxy) is 2. The molecule has 27 heavy (non-hydrogen) atoms. The fourth-order valence-corrected chi connectivity index (χ4v) is 2.92. The minimum atomic E-state index is 0.255. The van der Waals surface area contributed by atoms with Crippen LogP contribution in [0.3, 0.4) is 0 Å². The first kappa shape index (κ1) is 21.6. The lowest BCUT2D eigenvalue weighted by Crippen LogP contribution is -2.40. The predicted octanol–water partition coefficient (Wildman–Crippen LogP) is 1.76. The van der Waals surface area contributed by atoms with Crippen LogP contribution in [0.15, 0.2) is 11.3 Å². The van der Waals surface area contributed by atoms with Crippen LogP contribution >= 0.6 is 0 Å². The molecule has 154 valence electrons. The fraction of sp³-hybridized carbons (Fsp3) is 0.842.